The highest BCUT2D eigenvalue weighted by atomic mass is 35.5. The number of nitrogens with zero attached hydrogens (tertiary/aromatic N) is 4. The van der Waals surface area contributed by atoms with Gasteiger partial charge in [-0.3, -0.25) is 9.69 Å². The Morgan fingerprint density at radius 3 is 2.48 bits per heavy atom. The Balaban J connectivity index is 1.35. The summed E-state index contributed by atoms with van der Waals surface area (Å²) in [5.74, 6) is 0.223. The van der Waals surface area contributed by atoms with E-state index in [2.05, 4.69) is 37.6 Å². The van der Waals surface area contributed by atoms with Crippen molar-refractivity contribution in [2.45, 2.75) is 13.2 Å². The van der Waals surface area contributed by atoms with Crippen LogP contribution < -0.4 is 25.2 Å². The molecule has 1 aromatic heterocycles. The van der Waals surface area contributed by atoms with Gasteiger partial charge in [0.25, 0.3) is 5.91 Å². The Kier molecular flexibility index (Phi) is 5.97. The van der Waals surface area contributed by atoms with Gasteiger partial charge < -0.3 is 20.3 Å². The molecule has 0 radical (unpaired) electrons. The number of carbonyl (C=O) groups is 1. The number of anilines is 4. The number of benzene rings is 2. The van der Waals surface area contributed by atoms with Gasteiger partial charge in [-0.15, -0.1) is 0 Å². The van der Waals surface area contributed by atoms with Crippen molar-refractivity contribution in [1.82, 2.24) is 15.3 Å². The summed E-state index contributed by atoms with van der Waals surface area (Å²) >= 11 is 12.6. The van der Waals surface area contributed by atoms with E-state index in [1.807, 2.05) is 12.1 Å². The van der Waals surface area contributed by atoms with Crippen molar-refractivity contribution in [2.24, 2.45) is 0 Å². The minimum Gasteiger partial charge on any atom is -0.453 e. The highest BCUT2D eigenvalue weighted by Gasteiger charge is 2.36. The molecule has 5 rings (SSSR count). The molecule has 0 spiro atoms. The molecular weight excluding hydrogens is 463 g/mol. The number of para-hydroxylation sites is 1. The first kappa shape index (κ1) is 21.8. The highest BCUT2D eigenvalue weighted by molar-refractivity contribution is 6.40. The molecule has 2 aliphatic rings. The summed E-state index contributed by atoms with van der Waals surface area (Å²) in [4.78, 5) is 25.7. The van der Waals surface area contributed by atoms with Crippen LogP contribution in [0.1, 0.15) is 17.3 Å². The molecule has 0 aliphatic carbocycles. The molecule has 2 N–H and O–H groups in total. The average molecular weight is 485 g/mol. The predicted molar refractivity (Wildman–Crippen MR) is 130 cm³/mol. The van der Waals surface area contributed by atoms with Crippen molar-refractivity contribution in [3.8, 4) is 5.88 Å². The Morgan fingerprint density at radius 1 is 1.09 bits per heavy atom. The number of fused-ring (bicyclic) bond motifs is 1. The van der Waals surface area contributed by atoms with Gasteiger partial charge in [0.15, 0.2) is 6.23 Å². The molecule has 2 aliphatic heterocycles. The molecule has 1 amide bonds. The lowest BCUT2D eigenvalue weighted by Crippen LogP contribution is -2.46. The van der Waals surface area contributed by atoms with Crippen LogP contribution in [0.2, 0.25) is 10.0 Å². The van der Waals surface area contributed by atoms with E-state index in [1.165, 1.54) is 16.8 Å². The van der Waals surface area contributed by atoms with Crippen molar-refractivity contribution in [3.63, 3.8) is 0 Å². The lowest BCUT2D eigenvalue weighted by Gasteiger charge is -2.34. The lowest BCUT2D eigenvalue weighted by molar-refractivity contribution is 0.0867. The molecule has 170 valence electrons. The van der Waals surface area contributed by atoms with Crippen LogP contribution in [0.25, 0.3) is 0 Å². The zero-order chi connectivity index (χ0) is 22.9. The highest BCUT2D eigenvalue weighted by Crippen LogP contribution is 2.39. The second kappa shape index (κ2) is 9.05. The normalized spacial score (nSPS) is 18.0. The van der Waals surface area contributed by atoms with Crippen molar-refractivity contribution in [3.05, 3.63) is 64.3 Å². The molecular formula is C23H22Cl2N6O2. The third-order valence-electron chi connectivity index (χ3n) is 5.63. The maximum absolute atomic E-state index is 13.2. The monoisotopic (exact) mass is 484 g/mol. The minimum absolute atomic E-state index is 0.210. The van der Waals surface area contributed by atoms with Gasteiger partial charge >= 0.3 is 0 Å². The molecule has 3 aromatic rings. The van der Waals surface area contributed by atoms with Crippen LogP contribution in [0.15, 0.2) is 48.7 Å². The largest absolute Gasteiger partial charge is 0.453 e. The second-order valence-electron chi connectivity index (χ2n) is 7.78. The minimum atomic E-state index is -0.650. The van der Waals surface area contributed by atoms with Crippen LogP contribution >= 0.6 is 23.2 Å². The van der Waals surface area contributed by atoms with Crippen molar-refractivity contribution in [1.29, 1.82) is 0 Å². The number of rotatable bonds is 4. The molecule has 1 unspecified atom stereocenters. The second-order valence-corrected chi connectivity index (χ2v) is 8.60. The Bertz CT molecular complexity index is 1160. The molecule has 10 heteroatoms. The van der Waals surface area contributed by atoms with E-state index in [0.717, 1.165) is 31.9 Å². The summed E-state index contributed by atoms with van der Waals surface area (Å²) in [6.07, 6.45) is 0.801. The fraction of sp³-hybridized carbons (Fsp3) is 0.261. The molecule has 0 bridgehead atoms. The van der Waals surface area contributed by atoms with E-state index in [9.17, 15) is 4.79 Å². The first-order valence-electron chi connectivity index (χ1n) is 10.7. The molecule has 0 saturated carbocycles. The van der Waals surface area contributed by atoms with Crippen LogP contribution in [-0.4, -0.2) is 48.3 Å². The van der Waals surface area contributed by atoms with Gasteiger partial charge in [0.05, 0.1) is 15.7 Å². The van der Waals surface area contributed by atoms with Gasteiger partial charge in [-0.05, 0) is 43.3 Å². The lowest BCUT2D eigenvalue weighted by atomic mass is 10.2. The van der Waals surface area contributed by atoms with E-state index in [4.69, 9.17) is 27.9 Å². The number of halogens is 2. The first-order valence-corrected chi connectivity index (χ1v) is 11.4. The van der Waals surface area contributed by atoms with E-state index in [0.29, 0.717) is 21.7 Å². The summed E-state index contributed by atoms with van der Waals surface area (Å²) in [6, 6.07) is 13.2. The SMILES string of the molecule is CC1Oc2nc(Nc3ccc(N4CCNCC4)cc3)ncc2C(=O)N1c1c(Cl)cccc1Cl. The maximum atomic E-state index is 13.2. The fourth-order valence-corrected chi connectivity index (χ4v) is 4.56. The van der Waals surface area contributed by atoms with E-state index < -0.39 is 6.23 Å². The zero-order valence-electron chi connectivity index (χ0n) is 17.9. The molecule has 8 nitrogen and oxygen atoms in total. The Morgan fingerprint density at radius 2 is 1.79 bits per heavy atom. The topological polar surface area (TPSA) is 82.6 Å². The van der Waals surface area contributed by atoms with Crippen LogP contribution in [0, 0.1) is 0 Å². The smallest absolute Gasteiger partial charge is 0.268 e. The number of aromatic nitrogens is 2. The summed E-state index contributed by atoms with van der Waals surface area (Å²) < 4.78 is 5.94. The molecule has 33 heavy (non-hydrogen) atoms. The van der Waals surface area contributed by atoms with Gasteiger partial charge in [-0.25, -0.2) is 4.98 Å². The van der Waals surface area contributed by atoms with Crippen LogP contribution in [-0.2, 0) is 0 Å². The van der Waals surface area contributed by atoms with Crippen molar-refractivity contribution >= 4 is 52.1 Å². The van der Waals surface area contributed by atoms with Crippen LogP contribution in [0.3, 0.4) is 0 Å². The number of amides is 1. The Hall–Kier alpha value is -3.07. The summed E-state index contributed by atoms with van der Waals surface area (Å²) in [6.45, 7) is 5.69. The number of piperazine rings is 1. The van der Waals surface area contributed by atoms with E-state index in [1.54, 1.807) is 25.1 Å². The molecule has 1 fully saturated rings. The third kappa shape index (κ3) is 4.29. The maximum Gasteiger partial charge on any atom is 0.268 e. The first-order chi connectivity index (χ1) is 16.0. The van der Waals surface area contributed by atoms with Crippen LogP contribution in [0.4, 0.5) is 23.0 Å². The van der Waals surface area contributed by atoms with Crippen molar-refractivity contribution in [2.75, 3.05) is 41.3 Å². The number of ether oxygens (including phenoxy) is 1. The van der Waals surface area contributed by atoms with Gasteiger partial charge in [0, 0.05) is 43.8 Å². The van der Waals surface area contributed by atoms with Gasteiger partial charge in [0.1, 0.15) is 5.56 Å². The molecule has 3 heterocycles. The number of hydrogen-bond donors (Lipinski definition) is 2. The number of carbonyl (C=O) groups excluding carboxylic acids is 1. The average Bonchev–Trinajstić information content (AvgIpc) is 2.82. The number of hydrogen-bond acceptors (Lipinski definition) is 7. The van der Waals surface area contributed by atoms with Gasteiger partial charge in [-0.2, -0.15) is 4.98 Å². The zero-order valence-corrected chi connectivity index (χ0v) is 19.4. The fourth-order valence-electron chi connectivity index (χ4n) is 3.98. The summed E-state index contributed by atoms with van der Waals surface area (Å²) in [5, 5.41) is 7.25. The summed E-state index contributed by atoms with van der Waals surface area (Å²) in [5.41, 5.74) is 2.66. The molecule has 2 aromatic carbocycles. The number of nitrogens with one attached hydrogen (secondary N) is 2. The van der Waals surface area contributed by atoms with Crippen molar-refractivity contribution < 1.29 is 9.53 Å². The standard InChI is InChI=1S/C23H22Cl2N6O2/c1-14-31(20-18(24)3-2-4-19(20)25)22(32)17-13-27-23(29-21(17)33-14)28-15-5-7-16(8-6-15)30-11-9-26-10-12-30/h2-8,13-14,26H,9-12H2,1H3,(H,27,28,29). The van der Waals surface area contributed by atoms with E-state index in [-0.39, 0.29) is 17.4 Å². The summed E-state index contributed by atoms with van der Waals surface area (Å²) in [7, 11) is 0. The van der Waals surface area contributed by atoms with Gasteiger partial charge in [0.2, 0.25) is 11.8 Å². The Labute approximate surface area is 201 Å². The molecule has 1 saturated heterocycles. The predicted octanol–water partition coefficient (Wildman–Crippen LogP) is 4.32. The van der Waals surface area contributed by atoms with Crippen LogP contribution in [0.5, 0.6) is 5.88 Å². The van der Waals surface area contributed by atoms with E-state index >= 15 is 0 Å². The third-order valence-corrected chi connectivity index (χ3v) is 6.24. The molecule has 1 atom stereocenters. The van der Waals surface area contributed by atoms with Gasteiger partial charge in [-0.1, -0.05) is 29.3 Å². The quantitative estimate of drug-likeness (QED) is 0.570.